The van der Waals surface area contributed by atoms with E-state index in [2.05, 4.69) is 17.2 Å². The van der Waals surface area contributed by atoms with E-state index in [1.165, 1.54) is 6.07 Å². The highest BCUT2D eigenvalue weighted by Crippen LogP contribution is 2.18. The zero-order valence-corrected chi connectivity index (χ0v) is 10.6. The van der Waals surface area contributed by atoms with Gasteiger partial charge in [0.1, 0.15) is 11.9 Å². The van der Waals surface area contributed by atoms with Crippen LogP contribution in [0.25, 0.3) is 0 Å². The monoisotopic (exact) mass is 268 g/mol. The molecule has 0 spiro atoms. The average Bonchev–Trinajstić information content (AvgIpc) is 2.77. The van der Waals surface area contributed by atoms with Gasteiger partial charge in [0.05, 0.1) is 5.02 Å². The molecule has 0 aromatic heterocycles. The van der Waals surface area contributed by atoms with E-state index < -0.39 is 5.82 Å². The molecule has 0 radical (unpaired) electrons. The lowest BCUT2D eigenvalue weighted by Crippen LogP contribution is -2.40. The van der Waals surface area contributed by atoms with Crippen molar-refractivity contribution in [1.29, 1.82) is 0 Å². The molecule has 2 N–H and O–H groups in total. The van der Waals surface area contributed by atoms with E-state index in [9.17, 15) is 9.18 Å². The Morgan fingerprint density at radius 2 is 2.39 bits per heavy atom. The molecule has 1 unspecified atom stereocenters. The maximum atomic E-state index is 13.6. The first-order valence-corrected chi connectivity index (χ1v) is 6.09. The van der Waals surface area contributed by atoms with Gasteiger partial charge in [0.25, 0.3) is 0 Å². The van der Waals surface area contributed by atoms with E-state index in [1.807, 2.05) is 0 Å². The van der Waals surface area contributed by atoms with Crippen molar-refractivity contribution in [2.45, 2.75) is 19.0 Å². The minimum absolute atomic E-state index is 0.0603. The molecule has 1 aliphatic rings. The number of halogens is 2. The summed E-state index contributed by atoms with van der Waals surface area (Å²) < 4.78 is 13.6. The lowest BCUT2D eigenvalue weighted by molar-refractivity contribution is -0.122. The summed E-state index contributed by atoms with van der Waals surface area (Å²) in [6.07, 6.45) is 0.795. The van der Waals surface area contributed by atoms with Crippen molar-refractivity contribution in [2.75, 3.05) is 6.54 Å². The number of hydrogen-bond donors (Lipinski definition) is 2. The Kier molecular flexibility index (Phi) is 3.99. The lowest BCUT2D eigenvalue weighted by Gasteiger charge is -2.13. The first kappa shape index (κ1) is 13.1. The van der Waals surface area contributed by atoms with Gasteiger partial charge in [-0.2, -0.15) is 0 Å². The second-order valence-electron chi connectivity index (χ2n) is 4.23. The van der Waals surface area contributed by atoms with Gasteiger partial charge >= 0.3 is 0 Å². The summed E-state index contributed by atoms with van der Waals surface area (Å²) in [6.45, 7) is 4.70. The van der Waals surface area contributed by atoms with Gasteiger partial charge in [-0.3, -0.25) is 4.79 Å². The van der Waals surface area contributed by atoms with E-state index in [0.717, 1.165) is 18.5 Å². The molecule has 1 atom stereocenters. The maximum absolute atomic E-state index is 13.6. The highest BCUT2D eigenvalue weighted by Gasteiger charge is 2.25. The predicted molar refractivity (Wildman–Crippen MR) is 68.8 cm³/mol. The van der Waals surface area contributed by atoms with Crippen LogP contribution >= 0.6 is 11.6 Å². The fourth-order valence-electron chi connectivity index (χ4n) is 1.91. The SMILES string of the molecule is C=C1CCNC1C(=O)NCc1cccc(Cl)c1F. The molecule has 2 rings (SSSR count). The van der Waals surface area contributed by atoms with E-state index in [4.69, 9.17) is 11.6 Å². The van der Waals surface area contributed by atoms with Crippen LogP contribution in [0, 0.1) is 5.82 Å². The highest BCUT2D eigenvalue weighted by atomic mass is 35.5. The number of hydrogen-bond acceptors (Lipinski definition) is 2. The Morgan fingerprint density at radius 1 is 1.61 bits per heavy atom. The third-order valence-corrected chi connectivity index (χ3v) is 3.24. The predicted octanol–water partition coefficient (Wildman–Crippen LogP) is 2.01. The Balaban J connectivity index is 1.97. The van der Waals surface area contributed by atoms with E-state index in [0.29, 0.717) is 5.56 Å². The van der Waals surface area contributed by atoms with Crippen LogP contribution in [0.15, 0.2) is 30.4 Å². The van der Waals surface area contributed by atoms with Crippen LogP contribution < -0.4 is 10.6 Å². The van der Waals surface area contributed by atoms with E-state index >= 15 is 0 Å². The second-order valence-corrected chi connectivity index (χ2v) is 4.63. The van der Waals surface area contributed by atoms with E-state index in [1.54, 1.807) is 12.1 Å². The molecular formula is C13H14ClFN2O. The molecule has 1 aliphatic heterocycles. The Morgan fingerprint density at radius 3 is 3.06 bits per heavy atom. The van der Waals surface area contributed by atoms with Gasteiger partial charge in [0.2, 0.25) is 5.91 Å². The first-order valence-electron chi connectivity index (χ1n) is 5.71. The zero-order valence-electron chi connectivity index (χ0n) is 9.80. The fourth-order valence-corrected chi connectivity index (χ4v) is 2.11. The standard InChI is InChI=1S/C13H14ClFN2O/c1-8-5-6-16-12(8)13(18)17-7-9-3-2-4-10(14)11(9)15/h2-4,12,16H,1,5-7H2,(H,17,18). The average molecular weight is 269 g/mol. The summed E-state index contributed by atoms with van der Waals surface area (Å²) in [7, 11) is 0. The van der Waals surface area contributed by atoms with Crippen molar-refractivity contribution < 1.29 is 9.18 Å². The summed E-state index contributed by atoms with van der Waals surface area (Å²) in [5.41, 5.74) is 1.23. The number of carbonyl (C=O) groups excluding carboxylic acids is 1. The van der Waals surface area contributed by atoms with E-state index in [-0.39, 0.29) is 23.5 Å². The third kappa shape index (κ3) is 2.71. The Bertz CT molecular complexity index is 490. The van der Waals surface area contributed by atoms with Gasteiger partial charge in [-0.15, -0.1) is 0 Å². The first-order chi connectivity index (χ1) is 8.59. The van der Waals surface area contributed by atoms with Crippen LogP contribution in [0.4, 0.5) is 4.39 Å². The summed E-state index contributed by atoms with van der Waals surface area (Å²) in [6, 6.07) is 4.35. The summed E-state index contributed by atoms with van der Waals surface area (Å²) >= 11 is 5.67. The van der Waals surface area contributed by atoms with Crippen LogP contribution in [0.2, 0.25) is 5.02 Å². The quantitative estimate of drug-likeness (QED) is 0.824. The molecule has 1 fully saturated rings. The summed E-state index contributed by atoms with van der Waals surface area (Å²) in [5, 5.41) is 5.78. The molecule has 5 heteroatoms. The lowest BCUT2D eigenvalue weighted by atomic mass is 10.1. The second kappa shape index (κ2) is 5.50. The minimum atomic E-state index is -0.488. The minimum Gasteiger partial charge on any atom is -0.350 e. The summed E-state index contributed by atoms with van der Waals surface area (Å²) in [4.78, 5) is 11.8. The number of rotatable bonds is 3. The van der Waals surface area contributed by atoms with Crippen molar-refractivity contribution in [2.24, 2.45) is 0 Å². The number of nitrogens with one attached hydrogen (secondary N) is 2. The van der Waals surface area contributed by atoms with Crippen LogP contribution in [0.1, 0.15) is 12.0 Å². The molecule has 3 nitrogen and oxygen atoms in total. The molecule has 0 saturated carbocycles. The molecule has 1 amide bonds. The van der Waals surface area contributed by atoms with Crippen LogP contribution in [0.5, 0.6) is 0 Å². The van der Waals surface area contributed by atoms with Gasteiger partial charge in [0.15, 0.2) is 0 Å². The van der Waals surface area contributed by atoms with Crippen molar-refractivity contribution in [3.63, 3.8) is 0 Å². The van der Waals surface area contributed by atoms with Gasteiger partial charge in [-0.25, -0.2) is 4.39 Å². The number of benzene rings is 1. The molecule has 1 aromatic rings. The number of carbonyl (C=O) groups is 1. The van der Waals surface area contributed by atoms with Crippen molar-refractivity contribution in [1.82, 2.24) is 10.6 Å². The molecule has 96 valence electrons. The van der Waals surface area contributed by atoms with Crippen molar-refractivity contribution in [3.05, 3.63) is 46.8 Å². The van der Waals surface area contributed by atoms with Crippen molar-refractivity contribution in [3.8, 4) is 0 Å². The Hall–Kier alpha value is -1.39. The van der Waals surface area contributed by atoms with Crippen LogP contribution in [-0.4, -0.2) is 18.5 Å². The van der Waals surface area contributed by atoms with Crippen LogP contribution in [0.3, 0.4) is 0 Å². The van der Waals surface area contributed by atoms with Crippen LogP contribution in [-0.2, 0) is 11.3 Å². The third-order valence-electron chi connectivity index (χ3n) is 2.95. The molecule has 1 heterocycles. The van der Waals surface area contributed by atoms with Gasteiger partial charge in [-0.05, 0) is 24.6 Å². The van der Waals surface area contributed by atoms with Gasteiger partial charge in [0, 0.05) is 12.1 Å². The summed E-state index contributed by atoms with van der Waals surface area (Å²) in [5.74, 6) is -0.672. The Labute approximate surface area is 110 Å². The molecular weight excluding hydrogens is 255 g/mol. The zero-order chi connectivity index (χ0) is 13.1. The smallest absolute Gasteiger partial charge is 0.241 e. The fraction of sp³-hybridized carbons (Fsp3) is 0.308. The highest BCUT2D eigenvalue weighted by molar-refractivity contribution is 6.30. The largest absolute Gasteiger partial charge is 0.350 e. The molecule has 1 saturated heterocycles. The maximum Gasteiger partial charge on any atom is 0.241 e. The van der Waals surface area contributed by atoms with Gasteiger partial charge in [-0.1, -0.05) is 30.3 Å². The molecule has 0 aliphatic carbocycles. The normalized spacial score (nSPS) is 19.0. The molecule has 0 bridgehead atoms. The number of amides is 1. The molecule has 1 aromatic carbocycles. The van der Waals surface area contributed by atoms with Gasteiger partial charge < -0.3 is 10.6 Å². The molecule has 18 heavy (non-hydrogen) atoms. The topological polar surface area (TPSA) is 41.1 Å². The van der Waals surface area contributed by atoms with Crippen molar-refractivity contribution >= 4 is 17.5 Å².